The third kappa shape index (κ3) is 1.65. The molecule has 1 atom stereocenters. The Kier molecular flexibility index (Phi) is 2.54. The highest BCUT2D eigenvalue weighted by atomic mass is 16.3. The minimum absolute atomic E-state index is 0.259. The first-order valence-corrected chi connectivity index (χ1v) is 4.81. The van der Waals surface area contributed by atoms with Crippen LogP contribution < -0.4 is 0 Å². The van der Waals surface area contributed by atoms with Crippen molar-refractivity contribution in [2.24, 2.45) is 5.18 Å². The zero-order valence-electron chi connectivity index (χ0n) is 8.18. The van der Waals surface area contributed by atoms with E-state index in [1.54, 1.807) is 12.3 Å². The lowest BCUT2D eigenvalue weighted by Gasteiger charge is -2.18. The van der Waals surface area contributed by atoms with Crippen molar-refractivity contribution in [3.8, 4) is 0 Å². The monoisotopic (exact) mass is 191 g/mol. The molecular formula is C10H13N3O. The molecule has 74 valence electrons. The smallest absolute Gasteiger partial charge is 0.196 e. The summed E-state index contributed by atoms with van der Waals surface area (Å²) in [5.41, 5.74) is 1.18. The maximum absolute atomic E-state index is 10.2. The van der Waals surface area contributed by atoms with Gasteiger partial charge in [-0.25, -0.2) is 4.98 Å². The SMILES string of the molecule is CN1CCCC1c1ccc(N=O)nc1. The van der Waals surface area contributed by atoms with Crippen LogP contribution in [0, 0.1) is 4.91 Å². The summed E-state index contributed by atoms with van der Waals surface area (Å²) in [6.45, 7) is 1.14. The molecule has 0 spiro atoms. The van der Waals surface area contributed by atoms with Gasteiger partial charge in [0.15, 0.2) is 5.82 Å². The van der Waals surface area contributed by atoms with Crippen molar-refractivity contribution in [1.29, 1.82) is 0 Å². The van der Waals surface area contributed by atoms with E-state index in [1.165, 1.54) is 18.4 Å². The van der Waals surface area contributed by atoms with E-state index in [2.05, 4.69) is 22.1 Å². The van der Waals surface area contributed by atoms with Crippen LogP contribution in [0.3, 0.4) is 0 Å². The Morgan fingerprint density at radius 2 is 2.43 bits per heavy atom. The molecule has 1 unspecified atom stereocenters. The maximum atomic E-state index is 10.2. The molecule has 0 aliphatic carbocycles. The van der Waals surface area contributed by atoms with Crippen molar-refractivity contribution in [2.75, 3.05) is 13.6 Å². The fraction of sp³-hybridized carbons (Fsp3) is 0.500. The van der Waals surface area contributed by atoms with Crippen molar-refractivity contribution < 1.29 is 0 Å². The van der Waals surface area contributed by atoms with E-state index >= 15 is 0 Å². The molecule has 2 rings (SSSR count). The molecule has 1 fully saturated rings. The Bertz CT molecular complexity index is 323. The second-order valence-corrected chi connectivity index (χ2v) is 3.68. The number of aromatic nitrogens is 1. The summed E-state index contributed by atoms with van der Waals surface area (Å²) >= 11 is 0. The second kappa shape index (κ2) is 3.84. The molecule has 4 heteroatoms. The van der Waals surface area contributed by atoms with Gasteiger partial charge in [0, 0.05) is 12.2 Å². The van der Waals surface area contributed by atoms with Gasteiger partial charge in [0.2, 0.25) is 0 Å². The number of rotatable bonds is 2. The highest BCUT2D eigenvalue weighted by molar-refractivity contribution is 5.30. The van der Waals surface area contributed by atoms with Crippen LogP contribution in [-0.2, 0) is 0 Å². The molecule has 1 aromatic rings. The van der Waals surface area contributed by atoms with Crippen molar-refractivity contribution in [3.63, 3.8) is 0 Å². The molecule has 0 radical (unpaired) electrons. The van der Waals surface area contributed by atoms with Crippen LogP contribution in [0.5, 0.6) is 0 Å². The lowest BCUT2D eigenvalue weighted by Crippen LogP contribution is -2.17. The van der Waals surface area contributed by atoms with Crippen LogP contribution >= 0.6 is 0 Å². The standard InChI is InChI=1S/C10H13N3O/c1-13-6-2-3-9(13)8-4-5-10(12-14)11-7-8/h4-5,7,9H,2-3,6H2,1H3. The molecule has 0 saturated carbocycles. The highest BCUT2D eigenvalue weighted by Crippen LogP contribution is 2.30. The number of likely N-dealkylation sites (tertiary alicyclic amines) is 1. The zero-order valence-corrected chi connectivity index (χ0v) is 8.18. The van der Waals surface area contributed by atoms with E-state index in [9.17, 15) is 4.91 Å². The van der Waals surface area contributed by atoms with Gasteiger partial charge in [-0.2, -0.15) is 0 Å². The Morgan fingerprint density at radius 1 is 1.57 bits per heavy atom. The first-order chi connectivity index (χ1) is 6.81. The predicted octanol–water partition coefficient (Wildman–Crippen LogP) is 2.25. The van der Waals surface area contributed by atoms with Gasteiger partial charge < -0.3 is 0 Å². The lowest BCUT2D eigenvalue weighted by atomic mass is 10.1. The van der Waals surface area contributed by atoms with Crippen molar-refractivity contribution in [1.82, 2.24) is 9.88 Å². The molecular weight excluding hydrogens is 178 g/mol. The molecule has 14 heavy (non-hydrogen) atoms. The largest absolute Gasteiger partial charge is 0.299 e. The third-order valence-corrected chi connectivity index (χ3v) is 2.77. The first kappa shape index (κ1) is 9.27. The Balaban J connectivity index is 2.19. The number of hydrogen-bond donors (Lipinski definition) is 0. The van der Waals surface area contributed by atoms with Crippen LogP contribution in [0.15, 0.2) is 23.5 Å². The van der Waals surface area contributed by atoms with E-state index in [4.69, 9.17) is 0 Å². The van der Waals surface area contributed by atoms with E-state index in [0.29, 0.717) is 6.04 Å². The Hall–Kier alpha value is -1.29. The second-order valence-electron chi connectivity index (χ2n) is 3.68. The van der Waals surface area contributed by atoms with Gasteiger partial charge in [-0.3, -0.25) is 4.90 Å². The van der Waals surface area contributed by atoms with Gasteiger partial charge in [-0.1, -0.05) is 6.07 Å². The summed E-state index contributed by atoms with van der Waals surface area (Å²) in [5.74, 6) is 0.259. The van der Waals surface area contributed by atoms with E-state index in [1.807, 2.05) is 6.07 Å². The van der Waals surface area contributed by atoms with E-state index in [-0.39, 0.29) is 5.82 Å². The van der Waals surface area contributed by atoms with Gasteiger partial charge in [0.05, 0.1) is 0 Å². The minimum atomic E-state index is 0.259. The molecule has 1 saturated heterocycles. The van der Waals surface area contributed by atoms with E-state index < -0.39 is 0 Å². The highest BCUT2D eigenvalue weighted by Gasteiger charge is 2.22. The van der Waals surface area contributed by atoms with Gasteiger partial charge >= 0.3 is 0 Å². The Labute approximate surface area is 82.9 Å². The molecule has 0 amide bonds. The van der Waals surface area contributed by atoms with Crippen molar-refractivity contribution in [3.05, 3.63) is 28.8 Å². The quantitative estimate of drug-likeness (QED) is 0.673. The van der Waals surface area contributed by atoms with Crippen LogP contribution in [0.1, 0.15) is 24.4 Å². The molecule has 1 aliphatic rings. The van der Waals surface area contributed by atoms with Crippen LogP contribution in [-0.4, -0.2) is 23.5 Å². The topological polar surface area (TPSA) is 45.6 Å². The van der Waals surface area contributed by atoms with Crippen LogP contribution in [0.2, 0.25) is 0 Å². The number of nitroso groups, excluding NO2 is 1. The molecule has 2 heterocycles. The van der Waals surface area contributed by atoms with Gasteiger partial charge in [-0.15, -0.1) is 4.91 Å². The van der Waals surface area contributed by atoms with Gasteiger partial charge in [0.25, 0.3) is 0 Å². The normalized spacial score (nSPS) is 22.5. The molecule has 0 bridgehead atoms. The van der Waals surface area contributed by atoms with Crippen LogP contribution in [0.4, 0.5) is 5.82 Å². The van der Waals surface area contributed by atoms with Gasteiger partial charge in [-0.05, 0) is 43.2 Å². The Morgan fingerprint density at radius 3 is 2.93 bits per heavy atom. The number of hydrogen-bond acceptors (Lipinski definition) is 4. The van der Waals surface area contributed by atoms with Crippen molar-refractivity contribution >= 4 is 5.82 Å². The molecule has 0 aromatic carbocycles. The summed E-state index contributed by atoms with van der Waals surface area (Å²) < 4.78 is 0. The average Bonchev–Trinajstić information content (AvgIpc) is 2.65. The maximum Gasteiger partial charge on any atom is 0.196 e. The minimum Gasteiger partial charge on any atom is -0.299 e. The first-order valence-electron chi connectivity index (χ1n) is 4.81. The fourth-order valence-corrected chi connectivity index (χ4v) is 1.98. The fourth-order valence-electron chi connectivity index (χ4n) is 1.98. The summed E-state index contributed by atoms with van der Waals surface area (Å²) in [6.07, 6.45) is 4.16. The predicted molar refractivity (Wildman–Crippen MR) is 54.3 cm³/mol. The third-order valence-electron chi connectivity index (χ3n) is 2.77. The zero-order chi connectivity index (χ0) is 9.97. The summed E-state index contributed by atoms with van der Waals surface area (Å²) in [5, 5.41) is 2.78. The van der Waals surface area contributed by atoms with E-state index in [0.717, 1.165) is 6.54 Å². The van der Waals surface area contributed by atoms with Crippen LogP contribution in [0.25, 0.3) is 0 Å². The lowest BCUT2D eigenvalue weighted by molar-refractivity contribution is 0.317. The van der Waals surface area contributed by atoms with Crippen molar-refractivity contribution in [2.45, 2.75) is 18.9 Å². The molecule has 0 N–H and O–H groups in total. The summed E-state index contributed by atoms with van der Waals surface area (Å²) in [4.78, 5) is 16.5. The summed E-state index contributed by atoms with van der Waals surface area (Å²) in [6, 6.07) is 4.08. The number of pyridine rings is 1. The number of nitrogens with zero attached hydrogens (tertiary/aromatic N) is 3. The molecule has 1 aromatic heterocycles. The average molecular weight is 191 g/mol. The van der Waals surface area contributed by atoms with Gasteiger partial charge in [0.1, 0.15) is 0 Å². The molecule has 4 nitrogen and oxygen atoms in total. The summed E-state index contributed by atoms with van der Waals surface area (Å²) in [7, 11) is 2.11. The molecule has 1 aliphatic heterocycles.